The van der Waals surface area contributed by atoms with E-state index in [9.17, 15) is 4.79 Å². The molecule has 134 valence electrons. The number of thiazole rings is 1. The summed E-state index contributed by atoms with van der Waals surface area (Å²) in [5.74, 6) is -0.0787. The predicted molar refractivity (Wildman–Crippen MR) is 108 cm³/mol. The molecule has 0 fully saturated rings. The molecule has 0 saturated carbocycles. The van der Waals surface area contributed by atoms with Gasteiger partial charge in [-0.25, -0.2) is 4.98 Å². The van der Waals surface area contributed by atoms with Crippen molar-refractivity contribution in [1.29, 1.82) is 0 Å². The predicted octanol–water partition coefficient (Wildman–Crippen LogP) is 4.49. The van der Waals surface area contributed by atoms with Gasteiger partial charge in [-0.2, -0.15) is 0 Å². The Morgan fingerprint density at radius 2 is 1.85 bits per heavy atom. The molecule has 6 heteroatoms. The summed E-state index contributed by atoms with van der Waals surface area (Å²) in [6, 6.07) is 17.7. The average molecular weight is 374 g/mol. The molecule has 0 aliphatic heterocycles. The number of carbonyl (C=O) groups excluding carboxylic acids is 1. The number of nitrogens with one attached hydrogen (secondary N) is 1. The van der Waals surface area contributed by atoms with Gasteiger partial charge in [-0.3, -0.25) is 9.78 Å². The molecule has 0 aliphatic carbocycles. The minimum absolute atomic E-state index is 0.0787. The molecule has 0 unspecified atom stereocenters. The Kier molecular flexibility index (Phi) is 4.80. The van der Waals surface area contributed by atoms with Crippen molar-refractivity contribution in [3.8, 4) is 16.3 Å². The summed E-state index contributed by atoms with van der Waals surface area (Å²) in [5, 5.41) is 3.50. The number of rotatable bonds is 5. The molecule has 3 aromatic heterocycles. The molecule has 5 nitrogen and oxygen atoms in total. The molecule has 1 amide bonds. The quantitative estimate of drug-likeness (QED) is 0.560. The minimum Gasteiger partial charge on any atom is -0.324 e. The highest BCUT2D eigenvalue weighted by atomic mass is 32.1. The fourth-order valence-electron chi connectivity index (χ4n) is 2.83. The summed E-state index contributed by atoms with van der Waals surface area (Å²) >= 11 is 1.44. The van der Waals surface area contributed by atoms with Crippen molar-refractivity contribution in [3.05, 3.63) is 84.4 Å². The number of benzene rings is 1. The van der Waals surface area contributed by atoms with Crippen LogP contribution in [0, 0.1) is 6.92 Å². The van der Waals surface area contributed by atoms with Crippen molar-refractivity contribution in [3.63, 3.8) is 0 Å². The molecule has 0 atom stereocenters. The largest absolute Gasteiger partial charge is 0.324 e. The van der Waals surface area contributed by atoms with Gasteiger partial charge in [0, 0.05) is 24.3 Å². The van der Waals surface area contributed by atoms with Crippen molar-refractivity contribution >= 4 is 22.4 Å². The van der Waals surface area contributed by atoms with Crippen LogP contribution in [0.25, 0.3) is 16.3 Å². The van der Waals surface area contributed by atoms with E-state index < -0.39 is 0 Å². The third-order valence-electron chi connectivity index (χ3n) is 4.14. The second-order valence-electron chi connectivity index (χ2n) is 6.13. The van der Waals surface area contributed by atoms with E-state index in [1.54, 1.807) is 6.20 Å². The molecule has 1 N–H and O–H groups in total. The molecule has 0 saturated heterocycles. The highest BCUT2D eigenvalue weighted by molar-refractivity contribution is 7.19. The Morgan fingerprint density at radius 1 is 1.07 bits per heavy atom. The number of hydrogen-bond acceptors (Lipinski definition) is 4. The fraction of sp³-hybridized carbons (Fsp3) is 0.0952. The van der Waals surface area contributed by atoms with Crippen molar-refractivity contribution in [2.45, 2.75) is 13.3 Å². The minimum atomic E-state index is -0.0787. The van der Waals surface area contributed by atoms with Gasteiger partial charge in [-0.1, -0.05) is 29.5 Å². The number of aromatic nitrogens is 3. The lowest BCUT2D eigenvalue weighted by Crippen LogP contribution is -2.14. The lowest BCUT2D eigenvalue weighted by Gasteiger charge is -2.05. The van der Waals surface area contributed by atoms with Crippen LogP contribution in [0.4, 0.5) is 5.13 Å². The first kappa shape index (κ1) is 17.2. The van der Waals surface area contributed by atoms with Gasteiger partial charge >= 0.3 is 0 Å². The van der Waals surface area contributed by atoms with E-state index in [4.69, 9.17) is 0 Å². The van der Waals surface area contributed by atoms with Crippen LogP contribution in [0.15, 0.2) is 73.2 Å². The Balaban J connectivity index is 1.42. The fourth-order valence-corrected chi connectivity index (χ4v) is 3.79. The SMILES string of the molecule is Cc1nc(NC(=O)Cc2ccc(-n3cccc3)cc2)sc1-c1ccccn1. The summed E-state index contributed by atoms with van der Waals surface area (Å²) in [7, 11) is 0. The molecule has 0 spiro atoms. The van der Waals surface area contributed by atoms with Gasteiger partial charge in [0.05, 0.1) is 22.7 Å². The zero-order valence-corrected chi connectivity index (χ0v) is 15.6. The summed E-state index contributed by atoms with van der Waals surface area (Å²) in [6.45, 7) is 1.93. The number of anilines is 1. The molecule has 0 aliphatic rings. The third-order valence-corrected chi connectivity index (χ3v) is 5.24. The van der Waals surface area contributed by atoms with Crippen LogP contribution in [0.2, 0.25) is 0 Å². The van der Waals surface area contributed by atoms with Gasteiger partial charge < -0.3 is 9.88 Å². The normalized spacial score (nSPS) is 10.7. The molecule has 3 heterocycles. The van der Waals surface area contributed by atoms with E-state index in [0.29, 0.717) is 11.6 Å². The van der Waals surface area contributed by atoms with Gasteiger partial charge in [0.1, 0.15) is 0 Å². The lowest BCUT2D eigenvalue weighted by molar-refractivity contribution is -0.115. The van der Waals surface area contributed by atoms with Crippen LogP contribution in [0.1, 0.15) is 11.3 Å². The van der Waals surface area contributed by atoms with E-state index >= 15 is 0 Å². The number of nitrogens with zero attached hydrogens (tertiary/aromatic N) is 3. The van der Waals surface area contributed by atoms with Crippen LogP contribution in [0.5, 0.6) is 0 Å². The Morgan fingerprint density at radius 3 is 2.56 bits per heavy atom. The van der Waals surface area contributed by atoms with Crippen LogP contribution < -0.4 is 5.32 Å². The molecule has 0 radical (unpaired) electrons. The Bertz CT molecular complexity index is 1040. The molecule has 0 bridgehead atoms. The Hall–Kier alpha value is -3.25. The van der Waals surface area contributed by atoms with Crippen LogP contribution in [-0.2, 0) is 11.2 Å². The summed E-state index contributed by atoms with van der Waals surface area (Å²) in [6.07, 6.45) is 6.05. The molecule has 27 heavy (non-hydrogen) atoms. The second kappa shape index (κ2) is 7.55. The zero-order chi connectivity index (χ0) is 18.6. The summed E-state index contributed by atoms with van der Waals surface area (Å²) in [5.41, 5.74) is 3.76. The highest BCUT2D eigenvalue weighted by Gasteiger charge is 2.13. The maximum Gasteiger partial charge on any atom is 0.230 e. The molecular weight excluding hydrogens is 356 g/mol. The van der Waals surface area contributed by atoms with Crippen molar-refractivity contribution in [2.75, 3.05) is 5.32 Å². The van der Waals surface area contributed by atoms with Crippen molar-refractivity contribution < 1.29 is 4.79 Å². The van der Waals surface area contributed by atoms with Gasteiger partial charge in [0.2, 0.25) is 5.91 Å². The van der Waals surface area contributed by atoms with Gasteiger partial charge in [-0.15, -0.1) is 0 Å². The third kappa shape index (κ3) is 3.96. The van der Waals surface area contributed by atoms with Gasteiger partial charge in [0.15, 0.2) is 5.13 Å². The van der Waals surface area contributed by atoms with E-state index in [-0.39, 0.29) is 5.91 Å². The highest BCUT2D eigenvalue weighted by Crippen LogP contribution is 2.31. The average Bonchev–Trinajstić information content (AvgIpc) is 3.33. The second-order valence-corrected chi connectivity index (χ2v) is 7.13. The number of amides is 1. The first-order valence-corrected chi connectivity index (χ1v) is 9.42. The summed E-state index contributed by atoms with van der Waals surface area (Å²) < 4.78 is 2.03. The van der Waals surface area contributed by atoms with E-state index in [2.05, 4.69) is 15.3 Å². The maximum atomic E-state index is 12.4. The van der Waals surface area contributed by atoms with Crippen molar-refractivity contribution in [2.24, 2.45) is 0 Å². The molecular formula is C21H18N4OS. The number of aryl methyl sites for hydroxylation is 1. The topological polar surface area (TPSA) is 59.8 Å². The zero-order valence-electron chi connectivity index (χ0n) is 14.8. The lowest BCUT2D eigenvalue weighted by atomic mass is 10.1. The van der Waals surface area contributed by atoms with Crippen LogP contribution in [0.3, 0.4) is 0 Å². The van der Waals surface area contributed by atoms with E-state index in [1.165, 1.54) is 11.3 Å². The molecule has 4 aromatic rings. The Labute approximate surface area is 161 Å². The van der Waals surface area contributed by atoms with Gasteiger partial charge in [0.25, 0.3) is 0 Å². The van der Waals surface area contributed by atoms with E-state index in [0.717, 1.165) is 27.5 Å². The monoisotopic (exact) mass is 374 g/mol. The van der Waals surface area contributed by atoms with Crippen LogP contribution >= 0.6 is 11.3 Å². The maximum absolute atomic E-state index is 12.4. The van der Waals surface area contributed by atoms with Crippen LogP contribution in [-0.4, -0.2) is 20.4 Å². The smallest absolute Gasteiger partial charge is 0.230 e. The van der Waals surface area contributed by atoms with E-state index in [1.807, 2.05) is 78.5 Å². The summed E-state index contributed by atoms with van der Waals surface area (Å²) in [4.78, 5) is 22.2. The number of carbonyl (C=O) groups is 1. The molecule has 1 aromatic carbocycles. The molecule has 4 rings (SSSR count). The number of pyridine rings is 1. The van der Waals surface area contributed by atoms with Gasteiger partial charge in [-0.05, 0) is 48.9 Å². The number of hydrogen-bond donors (Lipinski definition) is 1. The first-order valence-electron chi connectivity index (χ1n) is 8.60. The standard InChI is InChI=1S/C21H18N4OS/c1-15-20(18-6-2-3-11-22-18)27-21(23-15)24-19(26)14-16-7-9-17(10-8-16)25-12-4-5-13-25/h2-13H,14H2,1H3,(H,23,24,26). The van der Waals surface area contributed by atoms with Crippen molar-refractivity contribution in [1.82, 2.24) is 14.5 Å². The first-order chi connectivity index (χ1) is 13.2.